The number of nitrogens with zero attached hydrogens (tertiary/aromatic N) is 1. The van der Waals surface area contributed by atoms with E-state index in [9.17, 15) is 4.79 Å². The molecule has 1 aliphatic rings. The Kier molecular flexibility index (Phi) is 4.12. The summed E-state index contributed by atoms with van der Waals surface area (Å²) >= 11 is 1.44. The van der Waals surface area contributed by atoms with Gasteiger partial charge in [0.2, 0.25) is 0 Å². The van der Waals surface area contributed by atoms with Crippen LogP contribution >= 0.6 is 11.3 Å². The Morgan fingerprint density at radius 3 is 3.06 bits per heavy atom. The quantitative estimate of drug-likeness (QED) is 0.859. The predicted octanol–water partition coefficient (Wildman–Crippen LogP) is 1.77. The average Bonchev–Trinajstić information content (AvgIpc) is 2.94. The van der Waals surface area contributed by atoms with Crippen LogP contribution in [-0.4, -0.2) is 17.4 Å². The first-order valence-corrected chi connectivity index (χ1v) is 6.99. The van der Waals surface area contributed by atoms with Crippen molar-refractivity contribution in [3.05, 3.63) is 16.1 Å². The van der Waals surface area contributed by atoms with Gasteiger partial charge in [-0.3, -0.25) is 4.79 Å². The maximum Gasteiger partial charge on any atom is 0.270 e. The molecule has 1 amide bonds. The molecule has 3 N–H and O–H groups in total. The monoisotopic (exact) mass is 253 g/mol. The minimum atomic E-state index is -0.0690. The second-order valence-electron chi connectivity index (χ2n) is 4.82. The van der Waals surface area contributed by atoms with Crippen LogP contribution in [0.4, 0.5) is 0 Å². The molecule has 1 heterocycles. The van der Waals surface area contributed by atoms with Gasteiger partial charge >= 0.3 is 0 Å². The Morgan fingerprint density at radius 1 is 1.65 bits per heavy atom. The Balaban J connectivity index is 1.81. The lowest BCUT2D eigenvalue weighted by Gasteiger charge is -2.09. The molecule has 1 aromatic rings. The van der Waals surface area contributed by atoms with E-state index < -0.39 is 0 Å². The zero-order chi connectivity index (χ0) is 12.3. The standard InChI is InChI=1S/C12H19N3OS/c1-8-2-3-9(4-8)6-14-12(16)10-7-17-11(5-13)15-10/h7-9H,2-6,13H2,1H3,(H,14,16). The summed E-state index contributed by atoms with van der Waals surface area (Å²) in [5.74, 6) is 1.38. The van der Waals surface area contributed by atoms with Gasteiger partial charge in [-0.1, -0.05) is 13.3 Å². The fourth-order valence-corrected chi connectivity index (χ4v) is 3.00. The summed E-state index contributed by atoms with van der Waals surface area (Å²) in [5, 5.41) is 5.55. The highest BCUT2D eigenvalue weighted by molar-refractivity contribution is 7.09. The Labute approximate surface area is 106 Å². The van der Waals surface area contributed by atoms with E-state index in [4.69, 9.17) is 5.73 Å². The number of nitrogens with one attached hydrogen (secondary N) is 1. The molecule has 4 nitrogen and oxygen atoms in total. The van der Waals surface area contributed by atoms with Crippen LogP contribution in [0.1, 0.15) is 41.7 Å². The topological polar surface area (TPSA) is 68.0 Å². The molecule has 0 bridgehead atoms. The second kappa shape index (κ2) is 5.60. The lowest BCUT2D eigenvalue weighted by Crippen LogP contribution is -2.28. The van der Waals surface area contributed by atoms with Crippen LogP contribution < -0.4 is 11.1 Å². The number of hydrogen-bond donors (Lipinski definition) is 2. The Bertz CT molecular complexity index is 391. The van der Waals surface area contributed by atoms with Crippen LogP contribution in [0.15, 0.2) is 5.38 Å². The maximum atomic E-state index is 11.8. The summed E-state index contributed by atoms with van der Waals surface area (Å²) in [7, 11) is 0. The predicted molar refractivity (Wildman–Crippen MR) is 68.8 cm³/mol. The first-order valence-electron chi connectivity index (χ1n) is 6.11. The number of thiazole rings is 1. The Morgan fingerprint density at radius 2 is 2.47 bits per heavy atom. The van der Waals surface area contributed by atoms with Gasteiger partial charge in [0.25, 0.3) is 5.91 Å². The summed E-state index contributed by atoms with van der Waals surface area (Å²) < 4.78 is 0. The van der Waals surface area contributed by atoms with Crippen molar-refractivity contribution >= 4 is 17.2 Å². The highest BCUT2D eigenvalue weighted by Gasteiger charge is 2.22. The highest BCUT2D eigenvalue weighted by Crippen LogP contribution is 2.29. The number of carbonyl (C=O) groups is 1. The van der Waals surface area contributed by atoms with E-state index in [0.29, 0.717) is 18.2 Å². The molecular weight excluding hydrogens is 234 g/mol. The largest absolute Gasteiger partial charge is 0.350 e. The van der Waals surface area contributed by atoms with E-state index in [2.05, 4.69) is 17.2 Å². The molecule has 1 fully saturated rings. The molecule has 0 saturated heterocycles. The van der Waals surface area contributed by atoms with E-state index in [0.717, 1.165) is 17.5 Å². The summed E-state index contributed by atoms with van der Waals surface area (Å²) in [6, 6.07) is 0. The third-order valence-electron chi connectivity index (χ3n) is 3.31. The summed E-state index contributed by atoms with van der Waals surface area (Å²) in [4.78, 5) is 16.0. The van der Waals surface area contributed by atoms with Crippen LogP contribution in [0, 0.1) is 11.8 Å². The van der Waals surface area contributed by atoms with Crippen LogP contribution in [0.3, 0.4) is 0 Å². The molecule has 1 aromatic heterocycles. The zero-order valence-electron chi connectivity index (χ0n) is 10.1. The van der Waals surface area contributed by atoms with Gasteiger partial charge in [0.05, 0.1) is 0 Å². The first kappa shape index (κ1) is 12.5. The van der Waals surface area contributed by atoms with E-state index in [1.165, 1.54) is 30.6 Å². The lowest BCUT2D eigenvalue weighted by atomic mass is 10.1. The van der Waals surface area contributed by atoms with Crippen LogP contribution in [0.25, 0.3) is 0 Å². The van der Waals surface area contributed by atoms with Gasteiger partial charge in [0, 0.05) is 18.5 Å². The van der Waals surface area contributed by atoms with E-state index >= 15 is 0 Å². The molecule has 0 aliphatic heterocycles. The second-order valence-corrected chi connectivity index (χ2v) is 5.77. The molecule has 2 unspecified atom stereocenters. The van der Waals surface area contributed by atoms with Crippen LogP contribution in [0.2, 0.25) is 0 Å². The number of rotatable bonds is 4. The van der Waals surface area contributed by atoms with Gasteiger partial charge in [-0.25, -0.2) is 4.98 Å². The van der Waals surface area contributed by atoms with Crippen molar-refractivity contribution in [2.75, 3.05) is 6.54 Å². The minimum absolute atomic E-state index is 0.0690. The van der Waals surface area contributed by atoms with Crippen molar-refractivity contribution in [3.63, 3.8) is 0 Å². The normalized spacial score (nSPS) is 23.9. The van der Waals surface area contributed by atoms with Crippen molar-refractivity contribution in [2.45, 2.75) is 32.7 Å². The summed E-state index contributed by atoms with van der Waals surface area (Å²) in [6.45, 7) is 3.45. The zero-order valence-corrected chi connectivity index (χ0v) is 10.9. The maximum absolute atomic E-state index is 11.8. The molecular formula is C12H19N3OS. The third kappa shape index (κ3) is 3.26. The lowest BCUT2D eigenvalue weighted by molar-refractivity contribution is 0.0942. The van der Waals surface area contributed by atoms with Gasteiger partial charge in [-0.05, 0) is 24.7 Å². The minimum Gasteiger partial charge on any atom is -0.350 e. The number of amides is 1. The average molecular weight is 253 g/mol. The molecule has 0 spiro atoms. The molecule has 0 aromatic carbocycles. The van der Waals surface area contributed by atoms with Crippen LogP contribution in [0.5, 0.6) is 0 Å². The fraction of sp³-hybridized carbons (Fsp3) is 0.667. The molecule has 5 heteroatoms. The summed E-state index contributed by atoms with van der Waals surface area (Å²) in [5.41, 5.74) is 5.97. The smallest absolute Gasteiger partial charge is 0.270 e. The van der Waals surface area contributed by atoms with Crippen LogP contribution in [-0.2, 0) is 6.54 Å². The molecule has 1 saturated carbocycles. The highest BCUT2D eigenvalue weighted by atomic mass is 32.1. The van der Waals surface area contributed by atoms with Gasteiger partial charge in [0.1, 0.15) is 10.7 Å². The fourth-order valence-electron chi connectivity index (χ4n) is 2.35. The number of hydrogen-bond acceptors (Lipinski definition) is 4. The molecule has 2 rings (SSSR count). The molecule has 94 valence electrons. The first-order chi connectivity index (χ1) is 8.19. The van der Waals surface area contributed by atoms with Crippen molar-refractivity contribution in [1.82, 2.24) is 10.3 Å². The van der Waals surface area contributed by atoms with Crippen molar-refractivity contribution in [1.29, 1.82) is 0 Å². The van der Waals surface area contributed by atoms with Crippen molar-refractivity contribution < 1.29 is 4.79 Å². The SMILES string of the molecule is CC1CCC(CNC(=O)c2csc(CN)n2)C1. The number of aromatic nitrogens is 1. The van der Waals surface area contributed by atoms with Crippen molar-refractivity contribution in [2.24, 2.45) is 17.6 Å². The van der Waals surface area contributed by atoms with E-state index in [1.807, 2.05) is 0 Å². The van der Waals surface area contributed by atoms with Gasteiger partial charge < -0.3 is 11.1 Å². The number of nitrogens with two attached hydrogens (primary N) is 1. The molecule has 1 aliphatic carbocycles. The Hall–Kier alpha value is -0.940. The van der Waals surface area contributed by atoms with Crippen molar-refractivity contribution in [3.8, 4) is 0 Å². The summed E-state index contributed by atoms with van der Waals surface area (Å²) in [6.07, 6.45) is 3.74. The van der Waals surface area contributed by atoms with E-state index in [-0.39, 0.29) is 5.91 Å². The van der Waals surface area contributed by atoms with Gasteiger partial charge in [-0.2, -0.15) is 0 Å². The van der Waals surface area contributed by atoms with Gasteiger partial charge in [-0.15, -0.1) is 11.3 Å². The number of carbonyl (C=O) groups excluding carboxylic acids is 1. The van der Waals surface area contributed by atoms with E-state index in [1.54, 1.807) is 5.38 Å². The molecule has 0 radical (unpaired) electrons. The third-order valence-corrected chi connectivity index (χ3v) is 4.18. The molecule has 17 heavy (non-hydrogen) atoms. The molecule has 2 atom stereocenters. The van der Waals surface area contributed by atoms with Gasteiger partial charge in [0.15, 0.2) is 0 Å².